The summed E-state index contributed by atoms with van der Waals surface area (Å²) in [6.45, 7) is 4.76. The molecule has 1 aromatic carbocycles. The number of rotatable bonds is 1. The summed E-state index contributed by atoms with van der Waals surface area (Å²) in [7, 11) is 0. The van der Waals surface area contributed by atoms with Gasteiger partial charge in [0.25, 0.3) is 0 Å². The van der Waals surface area contributed by atoms with Crippen molar-refractivity contribution in [1.29, 1.82) is 0 Å². The molecule has 0 bridgehead atoms. The van der Waals surface area contributed by atoms with Crippen molar-refractivity contribution in [3.63, 3.8) is 0 Å². The maximum Gasteiger partial charge on any atom is 0.320 e. The first kappa shape index (κ1) is 15.9. The van der Waals surface area contributed by atoms with Gasteiger partial charge in [-0.3, -0.25) is 4.68 Å². The number of likely N-dealkylation sites (tertiary alicyclic amines) is 1. The van der Waals surface area contributed by atoms with E-state index in [2.05, 4.69) is 23.3 Å². The average molecular weight is 352 g/mol. The molecule has 0 radical (unpaired) electrons. The maximum absolute atomic E-state index is 13.2. The molecule has 5 rings (SSSR count). The van der Waals surface area contributed by atoms with Gasteiger partial charge in [0.2, 0.25) is 0 Å². The third kappa shape index (κ3) is 2.60. The molecule has 1 unspecified atom stereocenters. The highest BCUT2D eigenvalue weighted by molar-refractivity contribution is 5.75. The van der Waals surface area contributed by atoms with Crippen LogP contribution < -0.4 is 0 Å². The van der Waals surface area contributed by atoms with E-state index in [9.17, 15) is 4.79 Å². The molecule has 0 saturated carbocycles. The maximum atomic E-state index is 13.2. The molecule has 2 fully saturated rings. The van der Waals surface area contributed by atoms with Crippen LogP contribution in [-0.4, -0.2) is 58.5 Å². The molecule has 2 aromatic rings. The number of fused-ring (bicyclic) bond motifs is 1. The van der Waals surface area contributed by atoms with E-state index >= 15 is 0 Å². The van der Waals surface area contributed by atoms with Crippen LogP contribution in [0.2, 0.25) is 0 Å². The van der Waals surface area contributed by atoms with Crippen molar-refractivity contribution in [1.82, 2.24) is 19.6 Å². The fraction of sp³-hybridized carbons (Fsp3) is 0.500. The minimum absolute atomic E-state index is 0.0788. The van der Waals surface area contributed by atoms with Crippen molar-refractivity contribution < 1.29 is 9.53 Å². The summed E-state index contributed by atoms with van der Waals surface area (Å²) in [6.07, 6.45) is 5.91. The highest BCUT2D eigenvalue weighted by Gasteiger charge is 2.43. The van der Waals surface area contributed by atoms with E-state index < -0.39 is 0 Å². The van der Waals surface area contributed by atoms with Crippen molar-refractivity contribution in [2.24, 2.45) is 5.41 Å². The lowest BCUT2D eigenvalue weighted by molar-refractivity contribution is -0.136. The Hall–Kier alpha value is -2.34. The number of ether oxygens (including phenoxy) is 1. The first-order valence-electron chi connectivity index (χ1n) is 9.43. The normalized spacial score (nSPS) is 24.2. The van der Waals surface area contributed by atoms with E-state index in [0.29, 0.717) is 18.5 Å². The van der Waals surface area contributed by atoms with E-state index in [4.69, 9.17) is 4.74 Å². The van der Waals surface area contributed by atoms with Gasteiger partial charge in [0.05, 0.1) is 19.3 Å². The number of carbonyl (C=O) groups excluding carboxylic acids is 1. The fourth-order valence-corrected chi connectivity index (χ4v) is 4.47. The predicted octanol–water partition coefficient (Wildman–Crippen LogP) is 2.52. The quantitative estimate of drug-likeness (QED) is 0.792. The summed E-state index contributed by atoms with van der Waals surface area (Å²) in [6, 6.07) is 10.6. The van der Waals surface area contributed by atoms with Gasteiger partial charge in [-0.15, -0.1) is 0 Å². The zero-order chi connectivity index (χ0) is 17.6. The van der Waals surface area contributed by atoms with E-state index in [-0.39, 0.29) is 12.1 Å². The summed E-state index contributed by atoms with van der Waals surface area (Å²) in [5.74, 6) is 0. The molecule has 0 N–H and O–H groups in total. The lowest BCUT2D eigenvalue weighted by Gasteiger charge is -2.48. The molecule has 2 amide bonds. The van der Waals surface area contributed by atoms with Crippen LogP contribution in [0.3, 0.4) is 0 Å². The third-order valence-corrected chi connectivity index (χ3v) is 6.19. The number of hydrogen-bond acceptors (Lipinski definition) is 3. The van der Waals surface area contributed by atoms with Crippen molar-refractivity contribution in [2.45, 2.75) is 25.4 Å². The Bertz CT molecular complexity index is 790. The van der Waals surface area contributed by atoms with Gasteiger partial charge in [-0.25, -0.2) is 4.79 Å². The number of carbonyl (C=O) groups is 1. The zero-order valence-electron chi connectivity index (χ0n) is 14.9. The van der Waals surface area contributed by atoms with E-state index in [0.717, 1.165) is 39.1 Å². The number of hydrogen-bond donors (Lipinski definition) is 0. The Morgan fingerprint density at radius 3 is 2.62 bits per heavy atom. The van der Waals surface area contributed by atoms with E-state index in [1.54, 1.807) is 6.20 Å². The van der Waals surface area contributed by atoms with Gasteiger partial charge in [-0.2, -0.15) is 5.10 Å². The minimum Gasteiger partial charge on any atom is -0.380 e. The summed E-state index contributed by atoms with van der Waals surface area (Å²) >= 11 is 0. The second-order valence-corrected chi connectivity index (χ2v) is 7.84. The number of nitrogens with zero attached hydrogens (tertiary/aromatic N) is 4. The fourth-order valence-electron chi connectivity index (χ4n) is 4.47. The highest BCUT2D eigenvalue weighted by Crippen LogP contribution is 2.39. The third-order valence-electron chi connectivity index (χ3n) is 6.19. The molecule has 1 spiro atoms. The first-order chi connectivity index (χ1) is 12.7. The molecule has 136 valence electrons. The SMILES string of the molecule is O=C(N1CCC2(CC1)COC2)N1Cc2ccccc2C(n2cccn2)C1. The van der Waals surface area contributed by atoms with Crippen LogP contribution in [0.1, 0.15) is 30.0 Å². The second kappa shape index (κ2) is 6.13. The molecule has 6 nitrogen and oxygen atoms in total. The molecule has 3 aliphatic rings. The Balaban J connectivity index is 1.36. The number of amides is 2. The van der Waals surface area contributed by atoms with Crippen LogP contribution in [0.4, 0.5) is 4.79 Å². The zero-order valence-corrected chi connectivity index (χ0v) is 14.9. The lowest BCUT2D eigenvalue weighted by atomic mass is 9.77. The summed E-state index contributed by atoms with van der Waals surface area (Å²) < 4.78 is 7.37. The molecule has 1 aromatic heterocycles. The van der Waals surface area contributed by atoms with Gasteiger partial charge in [-0.1, -0.05) is 24.3 Å². The van der Waals surface area contributed by atoms with Gasteiger partial charge in [-0.05, 0) is 30.0 Å². The van der Waals surface area contributed by atoms with Crippen molar-refractivity contribution in [2.75, 3.05) is 32.8 Å². The largest absolute Gasteiger partial charge is 0.380 e. The summed E-state index contributed by atoms with van der Waals surface area (Å²) in [5, 5.41) is 4.43. The lowest BCUT2D eigenvalue weighted by Crippen LogP contribution is -2.55. The van der Waals surface area contributed by atoms with Crippen LogP contribution in [0, 0.1) is 5.41 Å². The Morgan fingerprint density at radius 2 is 1.92 bits per heavy atom. The van der Waals surface area contributed by atoms with Crippen LogP contribution in [0.15, 0.2) is 42.7 Å². The van der Waals surface area contributed by atoms with E-state index in [1.807, 2.05) is 32.8 Å². The molecule has 26 heavy (non-hydrogen) atoms. The average Bonchev–Trinajstić information content (AvgIpc) is 3.20. The Labute approximate surface area is 153 Å². The Morgan fingerprint density at radius 1 is 1.12 bits per heavy atom. The molecule has 3 aliphatic heterocycles. The summed E-state index contributed by atoms with van der Waals surface area (Å²) in [5.41, 5.74) is 2.83. The monoisotopic (exact) mass is 352 g/mol. The van der Waals surface area contributed by atoms with Gasteiger partial charge in [0.1, 0.15) is 0 Å². The van der Waals surface area contributed by atoms with Crippen LogP contribution in [0.25, 0.3) is 0 Å². The van der Waals surface area contributed by atoms with Crippen LogP contribution >= 0.6 is 0 Å². The Kier molecular flexibility index (Phi) is 3.74. The molecular weight excluding hydrogens is 328 g/mol. The van der Waals surface area contributed by atoms with Gasteiger partial charge in [0, 0.05) is 44.0 Å². The van der Waals surface area contributed by atoms with Crippen LogP contribution in [0.5, 0.6) is 0 Å². The highest BCUT2D eigenvalue weighted by atomic mass is 16.5. The molecule has 6 heteroatoms. The van der Waals surface area contributed by atoms with Crippen molar-refractivity contribution in [3.05, 3.63) is 53.9 Å². The second-order valence-electron chi connectivity index (χ2n) is 7.84. The summed E-state index contributed by atoms with van der Waals surface area (Å²) in [4.78, 5) is 17.2. The van der Waals surface area contributed by atoms with Crippen molar-refractivity contribution in [3.8, 4) is 0 Å². The predicted molar refractivity (Wildman–Crippen MR) is 96.7 cm³/mol. The van der Waals surface area contributed by atoms with Crippen LogP contribution in [-0.2, 0) is 11.3 Å². The number of piperidine rings is 1. The van der Waals surface area contributed by atoms with Gasteiger partial charge < -0.3 is 14.5 Å². The van der Waals surface area contributed by atoms with Gasteiger partial charge >= 0.3 is 6.03 Å². The molecule has 0 aliphatic carbocycles. The number of aromatic nitrogens is 2. The number of benzene rings is 1. The molecule has 4 heterocycles. The topological polar surface area (TPSA) is 50.6 Å². The first-order valence-corrected chi connectivity index (χ1v) is 9.43. The smallest absolute Gasteiger partial charge is 0.320 e. The molecular formula is C20H24N4O2. The number of urea groups is 1. The van der Waals surface area contributed by atoms with E-state index in [1.165, 1.54) is 11.1 Å². The standard InChI is InChI=1S/C20H24N4O2/c25-19(22-10-6-20(7-11-22)14-26-15-20)23-12-16-4-1-2-5-17(16)18(13-23)24-9-3-8-21-24/h1-5,8-9,18H,6-7,10-15H2. The molecule has 2 saturated heterocycles. The minimum atomic E-state index is 0.0788. The van der Waals surface area contributed by atoms with Gasteiger partial charge in [0.15, 0.2) is 0 Å². The van der Waals surface area contributed by atoms with Crippen molar-refractivity contribution >= 4 is 6.03 Å². The molecule has 1 atom stereocenters.